The van der Waals surface area contributed by atoms with Gasteiger partial charge in [-0.3, -0.25) is 19.7 Å². The van der Waals surface area contributed by atoms with Crippen LogP contribution in [0.5, 0.6) is 0 Å². The standard InChI is InChI=1S/C21H15BrN4O5/c22-19-10-9-17(31-19)13-23-25-21(28)18(24-20(27)15-6-2-1-3-7-15)12-14-5-4-8-16(11-14)26(29)30/h1-13H,(H,24,27)(H,25,28)/b18-12-,23-13+. The van der Waals surface area contributed by atoms with E-state index < -0.39 is 16.7 Å². The Hall–Kier alpha value is -4.05. The molecule has 3 aromatic rings. The van der Waals surface area contributed by atoms with Crippen molar-refractivity contribution in [3.05, 3.63) is 104 Å². The first kappa shape index (κ1) is 21.7. The van der Waals surface area contributed by atoms with Crippen molar-refractivity contribution in [2.24, 2.45) is 5.10 Å². The number of nitrogens with zero attached hydrogens (tertiary/aromatic N) is 2. The summed E-state index contributed by atoms with van der Waals surface area (Å²) in [6.07, 6.45) is 2.61. The van der Waals surface area contributed by atoms with Crippen LogP contribution in [-0.4, -0.2) is 23.0 Å². The molecule has 0 radical (unpaired) electrons. The van der Waals surface area contributed by atoms with Gasteiger partial charge in [0.2, 0.25) is 0 Å². The van der Waals surface area contributed by atoms with Crippen LogP contribution in [-0.2, 0) is 4.79 Å². The Kier molecular flexibility index (Phi) is 7.07. The summed E-state index contributed by atoms with van der Waals surface area (Å²) in [6.45, 7) is 0. The van der Waals surface area contributed by atoms with Gasteiger partial charge in [-0.2, -0.15) is 5.10 Å². The molecule has 0 saturated carbocycles. The second kappa shape index (κ2) is 10.1. The number of benzene rings is 2. The number of nitro groups is 1. The first-order valence-corrected chi connectivity index (χ1v) is 9.63. The van der Waals surface area contributed by atoms with E-state index in [4.69, 9.17) is 4.42 Å². The van der Waals surface area contributed by atoms with Gasteiger partial charge in [-0.1, -0.05) is 30.3 Å². The topological polar surface area (TPSA) is 127 Å². The predicted octanol–water partition coefficient (Wildman–Crippen LogP) is 3.87. The summed E-state index contributed by atoms with van der Waals surface area (Å²) in [4.78, 5) is 35.6. The number of nitrogens with one attached hydrogen (secondary N) is 2. The largest absolute Gasteiger partial charge is 0.448 e. The minimum Gasteiger partial charge on any atom is -0.448 e. The molecule has 1 heterocycles. The van der Waals surface area contributed by atoms with Gasteiger partial charge < -0.3 is 9.73 Å². The molecule has 31 heavy (non-hydrogen) atoms. The highest BCUT2D eigenvalue weighted by Crippen LogP contribution is 2.16. The smallest absolute Gasteiger partial charge is 0.287 e. The molecule has 0 fully saturated rings. The van der Waals surface area contributed by atoms with Gasteiger partial charge in [-0.25, -0.2) is 5.43 Å². The van der Waals surface area contributed by atoms with Crippen LogP contribution in [0.1, 0.15) is 21.7 Å². The quantitative estimate of drug-likeness (QED) is 0.228. The number of amides is 2. The maximum atomic E-state index is 12.6. The molecule has 0 atom stereocenters. The summed E-state index contributed by atoms with van der Waals surface area (Å²) in [5, 5.41) is 17.3. The summed E-state index contributed by atoms with van der Waals surface area (Å²) in [7, 11) is 0. The molecule has 10 heteroatoms. The van der Waals surface area contributed by atoms with Gasteiger partial charge in [-0.15, -0.1) is 0 Å². The van der Waals surface area contributed by atoms with Crippen LogP contribution < -0.4 is 10.7 Å². The molecule has 0 bridgehead atoms. The van der Waals surface area contributed by atoms with Crippen LogP contribution in [0.25, 0.3) is 6.08 Å². The number of furan rings is 1. The summed E-state index contributed by atoms with van der Waals surface area (Å²) >= 11 is 3.16. The lowest BCUT2D eigenvalue weighted by Crippen LogP contribution is -2.32. The normalized spacial score (nSPS) is 11.3. The van der Waals surface area contributed by atoms with Crippen LogP contribution in [0, 0.1) is 10.1 Å². The van der Waals surface area contributed by atoms with Crippen LogP contribution in [0.15, 0.2) is 86.6 Å². The van der Waals surface area contributed by atoms with Crippen LogP contribution >= 0.6 is 15.9 Å². The summed E-state index contributed by atoms with van der Waals surface area (Å²) in [5.74, 6) is -0.853. The number of non-ortho nitro benzene ring substituents is 1. The minimum atomic E-state index is -0.724. The Bertz CT molecular complexity index is 1170. The van der Waals surface area contributed by atoms with Gasteiger partial charge in [0.15, 0.2) is 4.67 Å². The van der Waals surface area contributed by atoms with E-state index in [1.54, 1.807) is 48.5 Å². The summed E-state index contributed by atoms with van der Waals surface area (Å²) in [5.41, 5.74) is 2.69. The zero-order valence-electron chi connectivity index (χ0n) is 15.8. The van der Waals surface area contributed by atoms with Crippen molar-refractivity contribution in [3.8, 4) is 0 Å². The van der Waals surface area contributed by atoms with Crippen LogP contribution in [0.2, 0.25) is 0 Å². The number of nitro benzene ring substituents is 1. The average molecular weight is 483 g/mol. The minimum absolute atomic E-state index is 0.146. The zero-order valence-corrected chi connectivity index (χ0v) is 17.4. The molecule has 0 saturated heterocycles. The highest BCUT2D eigenvalue weighted by atomic mass is 79.9. The Balaban J connectivity index is 1.84. The summed E-state index contributed by atoms with van der Waals surface area (Å²) in [6, 6.07) is 17.3. The SMILES string of the molecule is O=C(N/N=C/c1ccc(Br)o1)/C(=C/c1cccc([N+](=O)[O-])c1)NC(=O)c1ccccc1. The molecular weight excluding hydrogens is 468 g/mol. The molecule has 2 N–H and O–H groups in total. The maximum absolute atomic E-state index is 12.6. The molecule has 2 amide bonds. The van der Waals surface area contributed by atoms with Gasteiger partial charge in [-0.05, 0) is 51.8 Å². The van der Waals surface area contributed by atoms with Crippen LogP contribution in [0.3, 0.4) is 0 Å². The van der Waals surface area contributed by atoms with E-state index in [0.717, 1.165) is 0 Å². The molecule has 0 spiro atoms. The Labute approximate surface area is 184 Å². The monoisotopic (exact) mass is 482 g/mol. The number of halogens is 1. The lowest BCUT2D eigenvalue weighted by atomic mass is 10.1. The third kappa shape index (κ3) is 6.21. The maximum Gasteiger partial charge on any atom is 0.287 e. The number of hydrogen-bond donors (Lipinski definition) is 2. The number of rotatable bonds is 7. The lowest BCUT2D eigenvalue weighted by Gasteiger charge is -2.09. The number of hydrogen-bond acceptors (Lipinski definition) is 6. The Morgan fingerprint density at radius 2 is 1.84 bits per heavy atom. The molecule has 1 aromatic heterocycles. The third-order valence-corrected chi connectivity index (χ3v) is 4.30. The van der Waals surface area contributed by atoms with Gasteiger partial charge >= 0.3 is 0 Å². The molecule has 0 aliphatic heterocycles. The van der Waals surface area contributed by atoms with E-state index in [9.17, 15) is 19.7 Å². The molecule has 3 rings (SSSR count). The van der Waals surface area contributed by atoms with Crippen molar-refractivity contribution < 1.29 is 18.9 Å². The van der Waals surface area contributed by atoms with Gasteiger partial charge in [0.25, 0.3) is 17.5 Å². The van der Waals surface area contributed by atoms with Crippen molar-refractivity contribution in [3.63, 3.8) is 0 Å². The predicted molar refractivity (Wildman–Crippen MR) is 117 cm³/mol. The van der Waals surface area contributed by atoms with E-state index in [2.05, 4.69) is 31.8 Å². The Morgan fingerprint density at radius 1 is 1.06 bits per heavy atom. The fourth-order valence-electron chi connectivity index (χ4n) is 2.45. The van der Waals surface area contributed by atoms with E-state index in [0.29, 0.717) is 21.6 Å². The second-order valence-corrected chi connectivity index (χ2v) is 6.85. The van der Waals surface area contributed by atoms with Crippen molar-refractivity contribution in [1.82, 2.24) is 10.7 Å². The number of carbonyl (C=O) groups excluding carboxylic acids is 2. The molecule has 156 valence electrons. The first-order valence-electron chi connectivity index (χ1n) is 8.83. The van der Waals surface area contributed by atoms with Gasteiger partial charge in [0.1, 0.15) is 11.5 Å². The third-order valence-electron chi connectivity index (χ3n) is 3.87. The van der Waals surface area contributed by atoms with E-state index in [1.165, 1.54) is 30.5 Å². The number of carbonyl (C=O) groups is 2. The zero-order chi connectivity index (χ0) is 22.2. The van der Waals surface area contributed by atoms with Crippen molar-refractivity contribution in [1.29, 1.82) is 0 Å². The second-order valence-electron chi connectivity index (χ2n) is 6.07. The van der Waals surface area contributed by atoms with Crippen molar-refractivity contribution >= 4 is 45.7 Å². The fourth-order valence-corrected chi connectivity index (χ4v) is 2.77. The molecular formula is C21H15BrN4O5. The molecule has 0 unspecified atom stereocenters. The molecule has 9 nitrogen and oxygen atoms in total. The summed E-state index contributed by atoms with van der Waals surface area (Å²) < 4.78 is 5.75. The van der Waals surface area contributed by atoms with Gasteiger partial charge in [0.05, 0.1) is 11.1 Å². The fraction of sp³-hybridized carbons (Fsp3) is 0. The first-order chi connectivity index (χ1) is 14.9. The molecule has 2 aromatic carbocycles. The Morgan fingerprint density at radius 3 is 2.52 bits per heavy atom. The average Bonchev–Trinajstić information content (AvgIpc) is 3.19. The van der Waals surface area contributed by atoms with E-state index in [1.807, 2.05) is 0 Å². The lowest BCUT2D eigenvalue weighted by molar-refractivity contribution is -0.384. The highest BCUT2D eigenvalue weighted by molar-refractivity contribution is 9.10. The van der Waals surface area contributed by atoms with Crippen LogP contribution in [0.4, 0.5) is 5.69 Å². The molecule has 0 aliphatic carbocycles. The van der Waals surface area contributed by atoms with Gasteiger partial charge in [0, 0.05) is 17.7 Å². The van der Waals surface area contributed by atoms with E-state index in [-0.39, 0.29) is 11.4 Å². The van der Waals surface area contributed by atoms with E-state index >= 15 is 0 Å². The van der Waals surface area contributed by atoms with Crippen molar-refractivity contribution in [2.75, 3.05) is 0 Å². The van der Waals surface area contributed by atoms with Crippen molar-refractivity contribution in [2.45, 2.75) is 0 Å². The highest BCUT2D eigenvalue weighted by Gasteiger charge is 2.15. The number of hydrazone groups is 1. The molecule has 0 aliphatic rings.